The number of nitrogens with zero attached hydrogens (tertiary/aromatic N) is 3. The molecule has 1 amide bonds. The average molecular weight is 239 g/mol. The molecule has 3 aromatic rings. The van der Waals surface area contributed by atoms with Crippen molar-refractivity contribution in [3.63, 3.8) is 0 Å². The molecule has 1 aromatic carbocycles. The normalized spacial score (nSPS) is 10.4. The van der Waals surface area contributed by atoms with Crippen LogP contribution in [0.2, 0.25) is 0 Å². The van der Waals surface area contributed by atoms with E-state index in [9.17, 15) is 4.79 Å². The first-order chi connectivity index (χ1) is 8.83. The van der Waals surface area contributed by atoms with E-state index in [1.807, 2.05) is 12.1 Å². The van der Waals surface area contributed by atoms with Crippen LogP contribution in [0.25, 0.3) is 10.9 Å². The predicted octanol–water partition coefficient (Wildman–Crippen LogP) is 1.61. The molecular weight excluding hydrogens is 230 g/mol. The van der Waals surface area contributed by atoms with E-state index in [0.29, 0.717) is 5.69 Å². The van der Waals surface area contributed by atoms with Gasteiger partial charge in [-0.1, -0.05) is 0 Å². The maximum Gasteiger partial charge on any atom is 0.275 e. The Morgan fingerprint density at radius 3 is 3.00 bits per heavy atom. The number of amides is 1. The van der Waals surface area contributed by atoms with E-state index in [1.54, 1.807) is 12.3 Å². The summed E-state index contributed by atoms with van der Waals surface area (Å²) < 4.78 is 0. The molecule has 6 nitrogen and oxygen atoms in total. The Kier molecular flexibility index (Phi) is 2.45. The Bertz CT molecular complexity index is 692. The van der Waals surface area contributed by atoms with Gasteiger partial charge in [-0.25, -0.2) is 4.98 Å². The zero-order valence-corrected chi connectivity index (χ0v) is 9.29. The molecular formula is C12H9N5O. The fourth-order valence-electron chi connectivity index (χ4n) is 1.63. The van der Waals surface area contributed by atoms with Gasteiger partial charge in [0.2, 0.25) is 0 Å². The van der Waals surface area contributed by atoms with Crippen LogP contribution in [0, 0.1) is 0 Å². The van der Waals surface area contributed by atoms with Gasteiger partial charge in [-0.2, -0.15) is 5.10 Å². The fraction of sp³-hybridized carbons (Fsp3) is 0. The molecule has 2 aromatic heterocycles. The Morgan fingerprint density at radius 2 is 2.17 bits per heavy atom. The molecule has 0 radical (unpaired) electrons. The molecule has 0 saturated carbocycles. The predicted molar refractivity (Wildman–Crippen MR) is 66.1 cm³/mol. The lowest BCUT2D eigenvalue weighted by Crippen LogP contribution is -2.13. The Morgan fingerprint density at radius 1 is 1.22 bits per heavy atom. The van der Waals surface area contributed by atoms with Crippen molar-refractivity contribution in [1.82, 2.24) is 20.2 Å². The zero-order chi connectivity index (χ0) is 12.4. The zero-order valence-electron chi connectivity index (χ0n) is 9.29. The van der Waals surface area contributed by atoms with Crippen LogP contribution in [0.4, 0.5) is 5.69 Å². The average Bonchev–Trinajstić information content (AvgIpc) is 2.87. The van der Waals surface area contributed by atoms with Crippen LogP contribution in [-0.4, -0.2) is 26.1 Å². The molecule has 0 aliphatic carbocycles. The molecule has 18 heavy (non-hydrogen) atoms. The number of benzene rings is 1. The number of H-pyrrole nitrogens is 1. The van der Waals surface area contributed by atoms with Crippen LogP contribution in [0.15, 0.2) is 43.0 Å². The molecule has 88 valence electrons. The number of anilines is 1. The van der Waals surface area contributed by atoms with Crippen LogP contribution in [0.5, 0.6) is 0 Å². The van der Waals surface area contributed by atoms with Gasteiger partial charge in [-0.05, 0) is 18.2 Å². The van der Waals surface area contributed by atoms with E-state index in [2.05, 4.69) is 25.5 Å². The molecule has 6 heteroatoms. The SMILES string of the molecule is O=C(Nc1ccc2[nH]ncc2c1)c1cnccn1. The van der Waals surface area contributed by atoms with Gasteiger partial charge in [0.25, 0.3) is 5.91 Å². The molecule has 0 spiro atoms. The molecule has 0 unspecified atom stereocenters. The van der Waals surface area contributed by atoms with Gasteiger partial charge in [-0.3, -0.25) is 14.9 Å². The van der Waals surface area contributed by atoms with E-state index < -0.39 is 0 Å². The lowest BCUT2D eigenvalue weighted by atomic mass is 10.2. The number of hydrogen-bond donors (Lipinski definition) is 2. The van der Waals surface area contributed by atoms with Crippen molar-refractivity contribution < 1.29 is 4.79 Å². The van der Waals surface area contributed by atoms with Gasteiger partial charge in [0.15, 0.2) is 0 Å². The van der Waals surface area contributed by atoms with E-state index in [0.717, 1.165) is 10.9 Å². The molecule has 0 saturated heterocycles. The molecule has 3 rings (SSSR count). The standard InChI is InChI=1S/C12H9N5O/c18-12(11-7-13-3-4-14-11)16-9-1-2-10-8(5-9)6-15-17-10/h1-7H,(H,15,17)(H,16,18). The molecule has 2 N–H and O–H groups in total. The van der Waals surface area contributed by atoms with E-state index in [1.165, 1.54) is 18.6 Å². The van der Waals surface area contributed by atoms with Crippen molar-refractivity contribution >= 4 is 22.5 Å². The third-order valence-corrected chi connectivity index (χ3v) is 2.49. The van der Waals surface area contributed by atoms with Crippen LogP contribution >= 0.6 is 0 Å². The fourth-order valence-corrected chi connectivity index (χ4v) is 1.63. The van der Waals surface area contributed by atoms with Gasteiger partial charge >= 0.3 is 0 Å². The molecule has 0 aliphatic heterocycles. The maximum atomic E-state index is 11.9. The highest BCUT2D eigenvalue weighted by Gasteiger charge is 2.07. The van der Waals surface area contributed by atoms with E-state index in [4.69, 9.17) is 0 Å². The highest BCUT2D eigenvalue weighted by molar-refractivity contribution is 6.03. The number of rotatable bonds is 2. The second-order valence-corrected chi connectivity index (χ2v) is 3.72. The largest absolute Gasteiger partial charge is 0.321 e. The summed E-state index contributed by atoms with van der Waals surface area (Å²) in [5, 5.41) is 10.5. The lowest BCUT2D eigenvalue weighted by Gasteiger charge is -2.03. The van der Waals surface area contributed by atoms with Gasteiger partial charge in [0.1, 0.15) is 5.69 Å². The third-order valence-electron chi connectivity index (χ3n) is 2.49. The minimum absolute atomic E-state index is 0.282. The highest BCUT2D eigenvalue weighted by Crippen LogP contribution is 2.17. The number of carbonyl (C=O) groups is 1. The van der Waals surface area contributed by atoms with Crippen molar-refractivity contribution in [2.45, 2.75) is 0 Å². The summed E-state index contributed by atoms with van der Waals surface area (Å²) in [7, 11) is 0. The smallest absolute Gasteiger partial charge is 0.275 e. The summed E-state index contributed by atoms with van der Waals surface area (Å²) >= 11 is 0. The maximum absolute atomic E-state index is 11.9. The highest BCUT2D eigenvalue weighted by atomic mass is 16.1. The summed E-state index contributed by atoms with van der Waals surface area (Å²) in [6.07, 6.45) is 6.13. The van der Waals surface area contributed by atoms with Crippen molar-refractivity contribution in [3.05, 3.63) is 48.7 Å². The second kappa shape index (κ2) is 4.25. The molecule has 0 bridgehead atoms. The Balaban J connectivity index is 1.86. The van der Waals surface area contributed by atoms with Gasteiger partial charge in [0, 0.05) is 23.5 Å². The number of hydrogen-bond acceptors (Lipinski definition) is 4. The lowest BCUT2D eigenvalue weighted by molar-refractivity contribution is 0.102. The van der Waals surface area contributed by atoms with Crippen LogP contribution in [0.1, 0.15) is 10.5 Å². The number of aromatic nitrogens is 4. The van der Waals surface area contributed by atoms with Crippen molar-refractivity contribution in [2.75, 3.05) is 5.32 Å². The summed E-state index contributed by atoms with van der Waals surface area (Å²) in [5.74, 6) is -0.286. The summed E-state index contributed by atoms with van der Waals surface area (Å²) in [6.45, 7) is 0. The van der Waals surface area contributed by atoms with Crippen LogP contribution in [0.3, 0.4) is 0 Å². The van der Waals surface area contributed by atoms with E-state index >= 15 is 0 Å². The summed E-state index contributed by atoms with van der Waals surface area (Å²) in [4.78, 5) is 19.6. The van der Waals surface area contributed by atoms with Crippen LogP contribution < -0.4 is 5.32 Å². The topological polar surface area (TPSA) is 83.6 Å². The van der Waals surface area contributed by atoms with Gasteiger partial charge in [-0.15, -0.1) is 0 Å². The third kappa shape index (κ3) is 1.91. The number of nitrogens with one attached hydrogen (secondary N) is 2. The summed E-state index contributed by atoms with van der Waals surface area (Å²) in [6, 6.07) is 5.50. The molecule has 0 atom stereocenters. The first-order valence-corrected chi connectivity index (χ1v) is 5.33. The Hall–Kier alpha value is -2.76. The van der Waals surface area contributed by atoms with Crippen molar-refractivity contribution in [3.8, 4) is 0 Å². The monoisotopic (exact) mass is 239 g/mol. The first-order valence-electron chi connectivity index (χ1n) is 5.33. The number of aromatic amines is 1. The van der Waals surface area contributed by atoms with Gasteiger partial charge < -0.3 is 5.32 Å². The van der Waals surface area contributed by atoms with Crippen LogP contribution in [-0.2, 0) is 0 Å². The number of fused-ring (bicyclic) bond motifs is 1. The number of carbonyl (C=O) groups excluding carboxylic acids is 1. The first kappa shape index (κ1) is 10.4. The summed E-state index contributed by atoms with van der Waals surface area (Å²) in [5.41, 5.74) is 1.90. The minimum atomic E-state index is -0.286. The quantitative estimate of drug-likeness (QED) is 0.711. The molecule has 2 heterocycles. The Labute approximate surface area is 102 Å². The molecule has 0 aliphatic rings. The minimum Gasteiger partial charge on any atom is -0.321 e. The van der Waals surface area contributed by atoms with Gasteiger partial charge in [0.05, 0.1) is 17.9 Å². The van der Waals surface area contributed by atoms with Crippen molar-refractivity contribution in [2.24, 2.45) is 0 Å². The van der Waals surface area contributed by atoms with E-state index in [-0.39, 0.29) is 11.6 Å². The second-order valence-electron chi connectivity index (χ2n) is 3.72. The van der Waals surface area contributed by atoms with Crippen molar-refractivity contribution in [1.29, 1.82) is 0 Å². The molecule has 0 fully saturated rings.